The molecule has 1 amide bonds. The number of hydrogen-bond donors (Lipinski definition) is 2. The number of thiocarbonyl (C=S) groups is 1. The minimum Gasteiger partial charge on any atom is -0.375 e. The number of benzene rings is 1. The van der Waals surface area contributed by atoms with Crippen molar-refractivity contribution in [2.24, 2.45) is 0 Å². The monoisotopic (exact) mass is 318 g/mol. The molecule has 21 heavy (non-hydrogen) atoms. The van der Waals surface area contributed by atoms with Crippen LogP contribution in [0, 0.1) is 0 Å². The van der Waals surface area contributed by atoms with Crippen molar-refractivity contribution >= 4 is 39.7 Å². The van der Waals surface area contributed by atoms with Gasteiger partial charge in [0.1, 0.15) is 0 Å². The second-order valence-electron chi connectivity index (χ2n) is 4.72. The lowest BCUT2D eigenvalue weighted by Crippen LogP contribution is -2.44. The van der Waals surface area contributed by atoms with Crippen molar-refractivity contribution in [3.63, 3.8) is 0 Å². The molecule has 2 aromatic rings. The van der Waals surface area contributed by atoms with Crippen LogP contribution in [-0.2, 0) is 13.0 Å². The first-order chi connectivity index (χ1) is 10.1. The van der Waals surface area contributed by atoms with Crippen LogP contribution in [-0.4, -0.2) is 27.4 Å². The molecule has 0 fully saturated rings. The number of carbonyl (C=O) groups excluding carboxylic acids is 1. The fraction of sp³-hybridized carbons (Fsp3) is 0.214. The highest BCUT2D eigenvalue weighted by atomic mass is 32.1. The Morgan fingerprint density at radius 3 is 2.90 bits per heavy atom. The fourth-order valence-electron chi connectivity index (χ4n) is 2.23. The Bertz CT molecular complexity index is 684. The van der Waals surface area contributed by atoms with E-state index in [-0.39, 0.29) is 5.91 Å². The summed E-state index contributed by atoms with van der Waals surface area (Å²) in [6.45, 7) is 1.39. The zero-order chi connectivity index (χ0) is 14.8. The van der Waals surface area contributed by atoms with E-state index in [9.17, 15) is 4.79 Å². The smallest absolute Gasteiger partial charge is 0.257 e. The van der Waals surface area contributed by atoms with E-state index in [0.29, 0.717) is 22.4 Å². The molecule has 0 saturated heterocycles. The van der Waals surface area contributed by atoms with Crippen LogP contribution >= 0.6 is 23.6 Å². The van der Waals surface area contributed by atoms with Crippen LogP contribution in [0.5, 0.6) is 0 Å². The molecule has 2 heterocycles. The molecule has 0 atom stereocenters. The maximum Gasteiger partial charge on any atom is 0.257 e. The number of fused-ring (bicyclic) bond motifs is 1. The van der Waals surface area contributed by atoms with Gasteiger partial charge < -0.3 is 10.6 Å². The first kappa shape index (κ1) is 14.0. The number of nitrogens with two attached hydrogens (primary N) is 1. The van der Waals surface area contributed by atoms with Crippen LogP contribution in [0.4, 0.5) is 5.13 Å². The maximum absolute atomic E-state index is 12.1. The van der Waals surface area contributed by atoms with Gasteiger partial charge in [0.2, 0.25) is 0 Å². The molecule has 0 saturated carbocycles. The molecule has 0 unspecified atom stereocenters. The van der Waals surface area contributed by atoms with E-state index in [1.807, 2.05) is 23.1 Å². The highest BCUT2D eigenvalue weighted by Crippen LogP contribution is 2.26. The van der Waals surface area contributed by atoms with E-state index in [2.05, 4.69) is 10.3 Å². The van der Waals surface area contributed by atoms with Crippen LogP contribution in [0.15, 0.2) is 30.3 Å². The predicted molar refractivity (Wildman–Crippen MR) is 87.1 cm³/mol. The van der Waals surface area contributed by atoms with E-state index in [1.165, 1.54) is 11.3 Å². The number of rotatable bonds is 1. The summed E-state index contributed by atoms with van der Waals surface area (Å²) < 4.78 is 0. The summed E-state index contributed by atoms with van der Waals surface area (Å²) in [5, 5.41) is 3.81. The van der Waals surface area contributed by atoms with Crippen molar-refractivity contribution < 1.29 is 4.79 Å². The Hall–Kier alpha value is -1.99. The lowest BCUT2D eigenvalue weighted by atomic mass is 10.2. The zero-order valence-electron chi connectivity index (χ0n) is 11.2. The van der Waals surface area contributed by atoms with Gasteiger partial charge in [-0.15, -0.1) is 11.3 Å². The van der Waals surface area contributed by atoms with E-state index in [4.69, 9.17) is 18.0 Å². The van der Waals surface area contributed by atoms with E-state index >= 15 is 0 Å². The van der Waals surface area contributed by atoms with Crippen molar-refractivity contribution in [1.29, 1.82) is 0 Å². The third-order valence-corrected chi connectivity index (χ3v) is 4.56. The Morgan fingerprint density at radius 1 is 1.38 bits per heavy atom. The summed E-state index contributed by atoms with van der Waals surface area (Å²) in [7, 11) is 0. The van der Waals surface area contributed by atoms with Gasteiger partial charge in [0.05, 0.1) is 12.2 Å². The lowest BCUT2D eigenvalue weighted by molar-refractivity contribution is 0.0973. The van der Waals surface area contributed by atoms with E-state index in [0.717, 1.165) is 23.5 Å². The predicted octanol–water partition coefficient (Wildman–Crippen LogP) is 1.80. The quantitative estimate of drug-likeness (QED) is 0.785. The summed E-state index contributed by atoms with van der Waals surface area (Å²) in [6.07, 6.45) is 0.796. The van der Waals surface area contributed by atoms with Crippen molar-refractivity contribution in [1.82, 2.24) is 15.2 Å². The molecule has 7 heteroatoms. The van der Waals surface area contributed by atoms with Gasteiger partial charge in [-0.1, -0.05) is 18.2 Å². The van der Waals surface area contributed by atoms with Gasteiger partial charge in [-0.25, -0.2) is 4.98 Å². The van der Waals surface area contributed by atoms with Gasteiger partial charge in [0, 0.05) is 23.4 Å². The number of anilines is 1. The topological polar surface area (TPSA) is 71.2 Å². The van der Waals surface area contributed by atoms with Crippen molar-refractivity contribution in [2.75, 3.05) is 12.3 Å². The van der Waals surface area contributed by atoms with Crippen LogP contribution in [0.2, 0.25) is 0 Å². The van der Waals surface area contributed by atoms with E-state index in [1.54, 1.807) is 12.1 Å². The molecule has 1 aliphatic heterocycles. The highest BCUT2D eigenvalue weighted by Gasteiger charge is 2.22. The first-order valence-electron chi connectivity index (χ1n) is 6.53. The van der Waals surface area contributed by atoms with Crippen molar-refractivity contribution in [3.8, 4) is 0 Å². The van der Waals surface area contributed by atoms with Gasteiger partial charge in [-0.05, 0) is 24.4 Å². The average molecular weight is 318 g/mol. The molecule has 3 N–H and O–H groups in total. The number of amides is 1. The van der Waals surface area contributed by atoms with E-state index < -0.39 is 0 Å². The number of nitrogens with zero attached hydrogens (tertiary/aromatic N) is 2. The number of aromatic nitrogens is 1. The number of hydrogen-bond acceptors (Lipinski definition) is 5. The Labute approximate surface area is 131 Å². The molecule has 0 radical (unpaired) electrons. The molecule has 1 aliphatic rings. The van der Waals surface area contributed by atoms with Crippen molar-refractivity contribution in [3.05, 3.63) is 46.5 Å². The van der Waals surface area contributed by atoms with Crippen LogP contribution in [0.1, 0.15) is 20.9 Å². The summed E-state index contributed by atoms with van der Waals surface area (Å²) in [6, 6.07) is 9.04. The number of nitrogens with one attached hydrogen (secondary N) is 1. The maximum atomic E-state index is 12.1. The normalized spacial score (nSPS) is 13.6. The summed E-state index contributed by atoms with van der Waals surface area (Å²) in [5.41, 5.74) is 7.37. The third-order valence-electron chi connectivity index (χ3n) is 3.29. The molecule has 0 bridgehead atoms. The van der Waals surface area contributed by atoms with Gasteiger partial charge in [-0.3, -0.25) is 10.1 Å². The lowest BCUT2D eigenvalue weighted by Gasteiger charge is -2.28. The molecular weight excluding hydrogens is 304 g/mol. The Balaban J connectivity index is 1.66. The second-order valence-corrected chi connectivity index (χ2v) is 6.22. The first-order valence-corrected chi connectivity index (χ1v) is 7.75. The average Bonchev–Trinajstić information content (AvgIpc) is 2.87. The zero-order valence-corrected chi connectivity index (χ0v) is 12.8. The summed E-state index contributed by atoms with van der Waals surface area (Å²) in [5.74, 6) is -0.185. The molecule has 5 nitrogen and oxygen atoms in total. The highest BCUT2D eigenvalue weighted by molar-refractivity contribution is 7.80. The standard InChI is InChI=1S/C14H14N4OS2/c15-13-16-10-6-7-18(8-11(10)21-13)14(20)17-12(19)9-4-2-1-3-5-9/h1-5H,6-8H2,(H2,15,16)(H,17,19,20). The third kappa shape index (κ3) is 3.03. The second kappa shape index (κ2) is 5.79. The van der Waals surface area contributed by atoms with Gasteiger partial charge in [0.15, 0.2) is 10.2 Å². The van der Waals surface area contributed by atoms with Gasteiger partial charge >= 0.3 is 0 Å². The SMILES string of the molecule is Nc1nc2c(s1)CN(C(=S)NC(=O)c1ccccc1)CC2. The van der Waals surface area contributed by atoms with Crippen LogP contribution in [0.3, 0.4) is 0 Å². The molecule has 108 valence electrons. The number of thiazole rings is 1. The molecule has 0 aliphatic carbocycles. The van der Waals surface area contributed by atoms with Crippen LogP contribution in [0.25, 0.3) is 0 Å². The van der Waals surface area contributed by atoms with Gasteiger partial charge in [-0.2, -0.15) is 0 Å². The molecule has 3 rings (SSSR count). The summed E-state index contributed by atoms with van der Waals surface area (Å²) >= 11 is 6.81. The van der Waals surface area contributed by atoms with Gasteiger partial charge in [0.25, 0.3) is 5.91 Å². The molecule has 1 aromatic heterocycles. The largest absolute Gasteiger partial charge is 0.375 e. The number of carbonyl (C=O) groups is 1. The van der Waals surface area contributed by atoms with Crippen molar-refractivity contribution in [2.45, 2.75) is 13.0 Å². The molecule has 0 spiro atoms. The Kier molecular flexibility index (Phi) is 3.85. The summed E-state index contributed by atoms with van der Waals surface area (Å²) in [4.78, 5) is 19.5. The Morgan fingerprint density at radius 2 is 2.14 bits per heavy atom. The number of nitrogen functional groups attached to an aromatic ring is 1. The minimum atomic E-state index is -0.185. The fourth-order valence-corrected chi connectivity index (χ4v) is 3.37. The molecule has 1 aromatic carbocycles. The minimum absolute atomic E-state index is 0.185. The van der Waals surface area contributed by atoms with Crippen LogP contribution < -0.4 is 11.1 Å². The molecular formula is C14H14N4OS2.